The molecule has 0 saturated heterocycles. The van der Waals surface area contributed by atoms with Gasteiger partial charge in [0, 0.05) is 17.4 Å². The number of H-pyrrole nitrogens is 1. The highest BCUT2D eigenvalue weighted by molar-refractivity contribution is 6.21. The molecule has 0 atom stereocenters. The summed E-state index contributed by atoms with van der Waals surface area (Å²) < 4.78 is 6.47. The first-order valence-corrected chi connectivity index (χ1v) is 8.61. The summed E-state index contributed by atoms with van der Waals surface area (Å²) in [7, 11) is 0. The molecular weight excluding hydrogens is 342 g/mol. The van der Waals surface area contributed by atoms with Crippen molar-refractivity contribution in [3.05, 3.63) is 81.8 Å². The maximum atomic E-state index is 13.0. The molecule has 0 radical (unpaired) electrons. The number of rotatable bonds is 4. The Labute approximate surface area is 155 Å². The number of ether oxygens (including phenoxy) is 1. The first-order valence-electron chi connectivity index (χ1n) is 8.61. The molecule has 0 aliphatic carbocycles. The van der Waals surface area contributed by atoms with E-state index in [1.165, 1.54) is 4.68 Å². The van der Waals surface area contributed by atoms with Gasteiger partial charge in [-0.3, -0.25) is 14.9 Å². The monoisotopic (exact) mass is 359 g/mol. The van der Waals surface area contributed by atoms with Crippen LogP contribution in [-0.4, -0.2) is 28.6 Å². The van der Waals surface area contributed by atoms with E-state index >= 15 is 0 Å². The minimum Gasteiger partial charge on any atom is -0.461 e. The van der Waals surface area contributed by atoms with Gasteiger partial charge in [0.1, 0.15) is 0 Å². The second-order valence-corrected chi connectivity index (χ2v) is 5.97. The number of hydrogen-bond acceptors (Lipinski definition) is 4. The van der Waals surface area contributed by atoms with E-state index in [2.05, 4.69) is 10.1 Å². The summed E-state index contributed by atoms with van der Waals surface area (Å²) in [6.07, 6.45) is 3.37. The third-order valence-corrected chi connectivity index (χ3v) is 4.28. The van der Waals surface area contributed by atoms with Gasteiger partial charge in [-0.05, 0) is 31.2 Å². The number of para-hydroxylation sites is 2. The Morgan fingerprint density at radius 3 is 2.67 bits per heavy atom. The minimum atomic E-state index is -0.570. The van der Waals surface area contributed by atoms with Crippen LogP contribution < -0.4 is 5.56 Å². The van der Waals surface area contributed by atoms with Gasteiger partial charge in [0.25, 0.3) is 5.56 Å². The van der Waals surface area contributed by atoms with E-state index in [1.54, 1.807) is 31.3 Å². The van der Waals surface area contributed by atoms with Crippen molar-refractivity contribution in [3.8, 4) is 5.69 Å². The van der Waals surface area contributed by atoms with E-state index in [9.17, 15) is 9.59 Å². The molecule has 0 fully saturated rings. The highest BCUT2D eigenvalue weighted by Crippen LogP contribution is 2.32. The molecule has 1 aliphatic heterocycles. The zero-order valence-electron chi connectivity index (χ0n) is 14.7. The molecule has 2 aromatic carbocycles. The van der Waals surface area contributed by atoms with Crippen molar-refractivity contribution in [2.75, 3.05) is 6.61 Å². The van der Waals surface area contributed by atoms with Crippen LogP contribution in [0.5, 0.6) is 0 Å². The zero-order chi connectivity index (χ0) is 18.8. The average Bonchev–Trinajstić information content (AvgIpc) is 3.25. The van der Waals surface area contributed by atoms with Gasteiger partial charge in [-0.2, -0.15) is 0 Å². The highest BCUT2D eigenvalue weighted by atomic mass is 16.5. The number of carbonyl (C=O) groups is 1. The Bertz CT molecular complexity index is 1120. The molecule has 2 heterocycles. The van der Waals surface area contributed by atoms with Crippen LogP contribution in [0.25, 0.3) is 17.3 Å². The maximum Gasteiger partial charge on any atom is 0.357 e. The van der Waals surface area contributed by atoms with E-state index in [4.69, 9.17) is 4.74 Å². The predicted octanol–water partition coefficient (Wildman–Crippen LogP) is 3.60. The number of esters is 1. The molecule has 3 aromatic rings. The van der Waals surface area contributed by atoms with Gasteiger partial charge in [0.05, 0.1) is 23.5 Å². The van der Waals surface area contributed by atoms with Crippen molar-refractivity contribution in [2.24, 2.45) is 4.99 Å². The molecule has 0 bridgehead atoms. The lowest BCUT2D eigenvalue weighted by molar-refractivity contribution is 0.0518. The van der Waals surface area contributed by atoms with Crippen molar-refractivity contribution in [2.45, 2.75) is 6.92 Å². The molecule has 0 spiro atoms. The van der Waals surface area contributed by atoms with Crippen molar-refractivity contribution < 1.29 is 9.53 Å². The van der Waals surface area contributed by atoms with Gasteiger partial charge < -0.3 is 4.74 Å². The van der Waals surface area contributed by atoms with Crippen LogP contribution in [0.2, 0.25) is 0 Å². The number of aromatic nitrogens is 2. The second kappa shape index (κ2) is 6.92. The van der Waals surface area contributed by atoms with Crippen LogP contribution in [0.15, 0.2) is 64.4 Å². The number of aliphatic imine (C=N–C) groups is 1. The highest BCUT2D eigenvalue weighted by Gasteiger charge is 2.22. The largest absolute Gasteiger partial charge is 0.461 e. The van der Waals surface area contributed by atoms with Crippen LogP contribution in [0.3, 0.4) is 0 Å². The molecule has 1 aliphatic rings. The summed E-state index contributed by atoms with van der Waals surface area (Å²) >= 11 is 0. The second-order valence-electron chi connectivity index (χ2n) is 5.97. The zero-order valence-corrected chi connectivity index (χ0v) is 14.7. The minimum absolute atomic E-state index is 0.121. The predicted molar refractivity (Wildman–Crippen MR) is 105 cm³/mol. The van der Waals surface area contributed by atoms with E-state index in [1.807, 2.05) is 42.5 Å². The third-order valence-electron chi connectivity index (χ3n) is 4.28. The smallest absolute Gasteiger partial charge is 0.357 e. The Balaban J connectivity index is 1.88. The van der Waals surface area contributed by atoms with Gasteiger partial charge >= 0.3 is 5.97 Å². The van der Waals surface area contributed by atoms with Gasteiger partial charge in [-0.25, -0.2) is 9.48 Å². The van der Waals surface area contributed by atoms with Gasteiger partial charge in [0.15, 0.2) is 5.69 Å². The fraction of sp³-hybridized carbons (Fsp3) is 0.0952. The van der Waals surface area contributed by atoms with Crippen molar-refractivity contribution in [1.82, 2.24) is 9.78 Å². The van der Waals surface area contributed by atoms with Gasteiger partial charge in [-0.15, -0.1) is 0 Å². The van der Waals surface area contributed by atoms with E-state index < -0.39 is 5.97 Å². The molecule has 27 heavy (non-hydrogen) atoms. The average molecular weight is 359 g/mol. The molecule has 6 heteroatoms. The Morgan fingerprint density at radius 2 is 1.89 bits per heavy atom. The third kappa shape index (κ3) is 3.01. The molecule has 134 valence electrons. The molecule has 0 unspecified atom stereocenters. The van der Waals surface area contributed by atoms with Crippen molar-refractivity contribution in [1.29, 1.82) is 0 Å². The van der Waals surface area contributed by atoms with Crippen molar-refractivity contribution >= 4 is 29.5 Å². The number of fused-ring (bicyclic) bond motifs is 1. The summed E-state index contributed by atoms with van der Waals surface area (Å²) in [5.41, 5.74) is 3.20. The van der Waals surface area contributed by atoms with Crippen LogP contribution in [0.1, 0.15) is 28.5 Å². The molecule has 1 N–H and O–H groups in total. The molecule has 6 nitrogen and oxygen atoms in total. The van der Waals surface area contributed by atoms with Crippen LogP contribution in [-0.2, 0) is 4.74 Å². The van der Waals surface area contributed by atoms with Crippen LogP contribution in [0.4, 0.5) is 5.69 Å². The van der Waals surface area contributed by atoms with Gasteiger partial charge in [-0.1, -0.05) is 36.4 Å². The van der Waals surface area contributed by atoms with E-state index in [0.29, 0.717) is 5.69 Å². The molecule has 1 aromatic heterocycles. The SMILES string of the molecule is CCOC(=O)c1[nH]n(-c2ccccc2)c(=O)c1C=C1C=Nc2ccccc21. The maximum absolute atomic E-state index is 13.0. The topological polar surface area (TPSA) is 76.5 Å². The summed E-state index contributed by atoms with van der Waals surface area (Å²) in [5.74, 6) is -0.570. The summed E-state index contributed by atoms with van der Waals surface area (Å²) in [6.45, 7) is 1.94. The number of carbonyl (C=O) groups excluding carboxylic acids is 1. The Kier molecular flexibility index (Phi) is 4.30. The Morgan fingerprint density at radius 1 is 1.15 bits per heavy atom. The van der Waals surface area contributed by atoms with Crippen molar-refractivity contribution in [3.63, 3.8) is 0 Å². The summed E-state index contributed by atoms with van der Waals surface area (Å²) in [6, 6.07) is 16.7. The lowest BCUT2D eigenvalue weighted by Gasteiger charge is -2.02. The number of nitrogens with zero attached hydrogens (tertiary/aromatic N) is 2. The standard InChI is InChI=1S/C21H17N3O3/c1-2-27-21(26)19-17(12-14-13-22-18-11-7-6-10-16(14)18)20(25)24(23-19)15-8-4-3-5-9-15/h3-13,23H,2H2,1H3. The Hall–Kier alpha value is -3.67. The van der Waals surface area contributed by atoms with Crippen LogP contribution in [0, 0.1) is 0 Å². The fourth-order valence-electron chi connectivity index (χ4n) is 3.01. The molecule has 4 rings (SSSR count). The first-order chi connectivity index (χ1) is 13.2. The number of nitrogens with one attached hydrogen (secondary N) is 1. The van der Waals surface area contributed by atoms with Crippen LogP contribution >= 0.6 is 0 Å². The number of hydrogen-bond donors (Lipinski definition) is 1. The number of benzene rings is 2. The number of aromatic amines is 1. The first kappa shape index (κ1) is 16.8. The van der Waals surface area contributed by atoms with Gasteiger partial charge in [0.2, 0.25) is 0 Å². The van der Waals surface area contributed by atoms with E-state index in [-0.39, 0.29) is 23.4 Å². The normalized spacial score (nSPS) is 13.7. The number of allylic oxidation sites excluding steroid dienone is 1. The van der Waals surface area contributed by atoms with E-state index in [0.717, 1.165) is 16.8 Å². The quantitative estimate of drug-likeness (QED) is 0.723. The molecular formula is C21H17N3O3. The molecule has 0 saturated carbocycles. The molecule has 0 amide bonds. The summed E-state index contributed by atoms with van der Waals surface area (Å²) in [4.78, 5) is 29.8. The lowest BCUT2D eigenvalue weighted by atomic mass is 10.0. The summed E-state index contributed by atoms with van der Waals surface area (Å²) in [5, 5.41) is 2.89. The lowest BCUT2D eigenvalue weighted by Crippen LogP contribution is -2.15. The fourth-order valence-corrected chi connectivity index (χ4v) is 3.01.